The highest BCUT2D eigenvalue weighted by atomic mass is 16.3. The molecule has 2 N–H and O–H groups in total. The molecular formula is C12H20N2O. The molecule has 1 aliphatic heterocycles. The van der Waals surface area contributed by atoms with Gasteiger partial charge >= 0.3 is 0 Å². The Hall–Kier alpha value is -0.800. The zero-order valence-electron chi connectivity index (χ0n) is 9.36. The molecule has 2 rings (SSSR count). The number of hydrogen-bond acceptors (Lipinski definition) is 3. The molecule has 0 saturated carbocycles. The molecule has 0 aromatic carbocycles. The van der Waals surface area contributed by atoms with Crippen LogP contribution in [0.15, 0.2) is 22.8 Å². The smallest absolute Gasteiger partial charge is 0.120 e. The van der Waals surface area contributed by atoms with Gasteiger partial charge in [-0.2, -0.15) is 0 Å². The van der Waals surface area contributed by atoms with Gasteiger partial charge in [0.15, 0.2) is 0 Å². The lowest BCUT2D eigenvalue weighted by atomic mass is 9.99. The Morgan fingerprint density at radius 1 is 1.60 bits per heavy atom. The first-order valence-electron chi connectivity index (χ1n) is 5.82. The van der Waals surface area contributed by atoms with Gasteiger partial charge in [-0.1, -0.05) is 6.42 Å². The summed E-state index contributed by atoms with van der Waals surface area (Å²) in [4.78, 5) is 2.47. The molecule has 1 aromatic heterocycles. The Bertz CT molecular complexity index is 284. The summed E-state index contributed by atoms with van der Waals surface area (Å²) in [6, 6.07) is 4.88. The van der Waals surface area contributed by atoms with Crippen molar-refractivity contribution in [1.82, 2.24) is 4.90 Å². The van der Waals surface area contributed by atoms with Crippen molar-refractivity contribution in [3.05, 3.63) is 24.2 Å². The second-order valence-corrected chi connectivity index (χ2v) is 4.31. The lowest BCUT2D eigenvalue weighted by Crippen LogP contribution is -2.45. The van der Waals surface area contributed by atoms with Gasteiger partial charge in [-0.15, -0.1) is 0 Å². The van der Waals surface area contributed by atoms with Crippen LogP contribution in [-0.2, 0) is 0 Å². The first-order chi connectivity index (χ1) is 7.33. The summed E-state index contributed by atoms with van der Waals surface area (Å²) in [7, 11) is 0. The van der Waals surface area contributed by atoms with Crippen molar-refractivity contribution in [3.8, 4) is 0 Å². The molecule has 1 aromatic rings. The normalized spacial score (nSPS) is 25.3. The highest BCUT2D eigenvalue weighted by Crippen LogP contribution is 2.27. The van der Waals surface area contributed by atoms with Crippen molar-refractivity contribution in [2.24, 2.45) is 5.73 Å². The van der Waals surface area contributed by atoms with Crippen LogP contribution in [0.1, 0.15) is 38.0 Å². The van der Waals surface area contributed by atoms with E-state index in [0.717, 1.165) is 18.8 Å². The maximum absolute atomic E-state index is 5.81. The maximum Gasteiger partial charge on any atom is 0.120 e. The van der Waals surface area contributed by atoms with Gasteiger partial charge in [-0.25, -0.2) is 0 Å². The van der Waals surface area contributed by atoms with Crippen LogP contribution in [0.4, 0.5) is 0 Å². The standard InChI is InChI=1S/C12H20N2O/c1-10(12-6-4-8-15-12)14-7-3-2-5-11(14)9-13/h4,6,8,10-11H,2-3,5,7,9,13H2,1H3/t10-,11-/m1/s1. The van der Waals surface area contributed by atoms with Gasteiger partial charge in [0, 0.05) is 12.6 Å². The summed E-state index contributed by atoms with van der Waals surface area (Å²) in [5.41, 5.74) is 5.81. The Balaban J connectivity index is 2.07. The fourth-order valence-electron chi connectivity index (χ4n) is 2.48. The van der Waals surface area contributed by atoms with Crippen LogP contribution in [0.2, 0.25) is 0 Å². The topological polar surface area (TPSA) is 42.4 Å². The first kappa shape index (κ1) is 10.7. The largest absolute Gasteiger partial charge is 0.468 e. The molecular weight excluding hydrogens is 188 g/mol. The van der Waals surface area contributed by atoms with Crippen molar-refractivity contribution in [1.29, 1.82) is 0 Å². The zero-order valence-corrected chi connectivity index (χ0v) is 9.36. The molecule has 0 bridgehead atoms. The summed E-state index contributed by atoms with van der Waals surface area (Å²) in [5.74, 6) is 1.05. The van der Waals surface area contributed by atoms with Crippen molar-refractivity contribution in [3.63, 3.8) is 0 Å². The third kappa shape index (κ3) is 2.24. The predicted octanol–water partition coefficient (Wildman–Crippen LogP) is 2.15. The van der Waals surface area contributed by atoms with Crippen LogP contribution in [0, 0.1) is 0 Å². The molecule has 1 saturated heterocycles. The first-order valence-corrected chi connectivity index (χ1v) is 5.82. The molecule has 0 spiro atoms. The monoisotopic (exact) mass is 208 g/mol. The number of rotatable bonds is 3. The minimum atomic E-state index is 0.355. The molecule has 2 atom stereocenters. The molecule has 0 amide bonds. The highest BCUT2D eigenvalue weighted by molar-refractivity contribution is 5.04. The summed E-state index contributed by atoms with van der Waals surface area (Å²) in [6.07, 6.45) is 5.56. The fourth-order valence-corrected chi connectivity index (χ4v) is 2.48. The van der Waals surface area contributed by atoms with E-state index in [0.29, 0.717) is 12.1 Å². The molecule has 1 fully saturated rings. The average molecular weight is 208 g/mol. The molecule has 3 nitrogen and oxygen atoms in total. The van der Waals surface area contributed by atoms with Gasteiger partial charge in [0.1, 0.15) is 5.76 Å². The molecule has 1 aliphatic rings. The van der Waals surface area contributed by atoms with Crippen molar-refractivity contribution >= 4 is 0 Å². The highest BCUT2D eigenvalue weighted by Gasteiger charge is 2.27. The second kappa shape index (κ2) is 4.81. The number of furan rings is 1. The maximum atomic E-state index is 5.81. The van der Waals surface area contributed by atoms with Crippen LogP contribution in [0.3, 0.4) is 0 Å². The summed E-state index contributed by atoms with van der Waals surface area (Å²) >= 11 is 0. The molecule has 0 radical (unpaired) electrons. The minimum absolute atomic E-state index is 0.355. The molecule has 15 heavy (non-hydrogen) atoms. The van der Waals surface area contributed by atoms with Crippen molar-refractivity contribution in [2.75, 3.05) is 13.1 Å². The van der Waals surface area contributed by atoms with Gasteiger partial charge in [-0.3, -0.25) is 4.90 Å². The van der Waals surface area contributed by atoms with Crippen molar-refractivity contribution in [2.45, 2.75) is 38.3 Å². The van der Waals surface area contributed by atoms with Crippen molar-refractivity contribution < 1.29 is 4.42 Å². The quantitative estimate of drug-likeness (QED) is 0.827. The molecule has 3 heteroatoms. The molecule has 0 aliphatic carbocycles. The van der Waals surface area contributed by atoms with Gasteiger partial charge in [0.05, 0.1) is 12.3 Å². The van der Waals surface area contributed by atoms with Crippen LogP contribution < -0.4 is 5.73 Å². The second-order valence-electron chi connectivity index (χ2n) is 4.31. The predicted molar refractivity (Wildman–Crippen MR) is 60.5 cm³/mol. The third-order valence-corrected chi connectivity index (χ3v) is 3.40. The van der Waals surface area contributed by atoms with E-state index in [2.05, 4.69) is 11.8 Å². The Labute approximate surface area is 91.2 Å². The van der Waals surface area contributed by atoms with E-state index in [1.54, 1.807) is 6.26 Å². The van der Waals surface area contributed by atoms with E-state index < -0.39 is 0 Å². The van der Waals surface area contributed by atoms with Crippen LogP contribution >= 0.6 is 0 Å². The fraction of sp³-hybridized carbons (Fsp3) is 0.667. The van der Waals surface area contributed by atoms with Crippen LogP contribution in [-0.4, -0.2) is 24.0 Å². The van der Waals surface area contributed by atoms with E-state index in [-0.39, 0.29) is 0 Å². The molecule has 0 unspecified atom stereocenters. The Morgan fingerprint density at radius 3 is 3.13 bits per heavy atom. The number of likely N-dealkylation sites (tertiary alicyclic amines) is 1. The van der Waals surface area contributed by atoms with Gasteiger partial charge in [0.2, 0.25) is 0 Å². The van der Waals surface area contributed by atoms with E-state index in [1.807, 2.05) is 12.1 Å². The Kier molecular flexibility index (Phi) is 3.44. The summed E-state index contributed by atoms with van der Waals surface area (Å²) in [6.45, 7) is 4.10. The number of nitrogens with two attached hydrogens (primary N) is 1. The summed E-state index contributed by atoms with van der Waals surface area (Å²) in [5, 5.41) is 0. The van der Waals surface area contributed by atoms with E-state index in [9.17, 15) is 0 Å². The lowest BCUT2D eigenvalue weighted by molar-refractivity contribution is 0.0957. The molecule has 2 heterocycles. The summed E-state index contributed by atoms with van der Waals surface area (Å²) < 4.78 is 5.46. The Morgan fingerprint density at radius 2 is 2.47 bits per heavy atom. The van der Waals surface area contributed by atoms with E-state index in [4.69, 9.17) is 10.2 Å². The van der Waals surface area contributed by atoms with Gasteiger partial charge in [-0.05, 0) is 38.4 Å². The van der Waals surface area contributed by atoms with Gasteiger partial charge in [0.25, 0.3) is 0 Å². The van der Waals surface area contributed by atoms with Crippen LogP contribution in [0.25, 0.3) is 0 Å². The number of nitrogens with zero attached hydrogens (tertiary/aromatic N) is 1. The van der Waals surface area contributed by atoms with Crippen LogP contribution in [0.5, 0.6) is 0 Å². The van der Waals surface area contributed by atoms with Gasteiger partial charge < -0.3 is 10.2 Å². The number of piperidine rings is 1. The van der Waals surface area contributed by atoms with E-state index in [1.165, 1.54) is 19.3 Å². The number of hydrogen-bond donors (Lipinski definition) is 1. The molecule has 84 valence electrons. The SMILES string of the molecule is C[C@H](c1ccco1)N1CCCC[C@@H]1CN. The third-order valence-electron chi connectivity index (χ3n) is 3.40. The lowest BCUT2D eigenvalue weighted by Gasteiger charge is -2.38. The average Bonchev–Trinajstić information content (AvgIpc) is 2.81. The minimum Gasteiger partial charge on any atom is -0.468 e. The van der Waals surface area contributed by atoms with E-state index >= 15 is 0 Å². The zero-order chi connectivity index (χ0) is 10.7.